The van der Waals surface area contributed by atoms with Crippen molar-refractivity contribution >= 4 is 14.9 Å². The van der Waals surface area contributed by atoms with Crippen molar-refractivity contribution in [2.45, 2.75) is 25.1 Å². The number of nitrogens with zero attached hydrogens (tertiary/aromatic N) is 1. The van der Waals surface area contributed by atoms with Crippen LogP contribution in [0, 0.1) is 6.92 Å². The number of halogens is 3. The second kappa shape index (κ2) is 4.47. The van der Waals surface area contributed by atoms with Crippen LogP contribution in [-0.2, 0) is 15.4 Å². The number of alkyl halides is 3. The molecule has 1 N–H and O–H groups in total. The summed E-state index contributed by atoms with van der Waals surface area (Å²) in [7, 11) is -3.76. The van der Waals surface area contributed by atoms with E-state index in [0.29, 0.717) is 0 Å². The van der Waals surface area contributed by atoms with E-state index >= 15 is 0 Å². The van der Waals surface area contributed by atoms with Gasteiger partial charge in [0.2, 0.25) is 0 Å². The van der Waals surface area contributed by atoms with Gasteiger partial charge in [0, 0.05) is 12.7 Å². The third-order valence-corrected chi connectivity index (χ3v) is 4.34. The third-order valence-electron chi connectivity index (χ3n) is 3.24. The Morgan fingerprint density at radius 2 is 1.80 bits per heavy atom. The number of hydrogen-bond acceptors (Lipinski definition) is 4. The molecule has 1 aromatic carbocycles. The van der Waals surface area contributed by atoms with Gasteiger partial charge in [-0.2, -0.15) is 18.3 Å². The summed E-state index contributed by atoms with van der Waals surface area (Å²) in [6.07, 6.45) is -4.56. The minimum Gasteiger partial charge on any atom is -0.289 e. The van der Waals surface area contributed by atoms with Crippen LogP contribution in [0.25, 0.3) is 0 Å². The maximum Gasteiger partial charge on any atom is 0.417 e. The Morgan fingerprint density at radius 1 is 1.25 bits per heavy atom. The van der Waals surface area contributed by atoms with E-state index in [0.717, 1.165) is 11.8 Å². The molecule has 8 heteroatoms. The molecule has 1 aliphatic heterocycles. The minimum atomic E-state index is -4.67. The van der Waals surface area contributed by atoms with Crippen molar-refractivity contribution in [2.75, 3.05) is 6.26 Å². The van der Waals surface area contributed by atoms with Crippen LogP contribution in [0.1, 0.15) is 17.5 Å². The molecule has 1 unspecified atom stereocenters. The number of hydrogen-bond donors (Lipinski definition) is 1. The van der Waals surface area contributed by atoms with E-state index in [1.807, 2.05) is 5.43 Å². The molecule has 4 nitrogen and oxygen atoms in total. The van der Waals surface area contributed by atoms with Crippen molar-refractivity contribution in [3.63, 3.8) is 0 Å². The Labute approximate surface area is 114 Å². The summed E-state index contributed by atoms with van der Waals surface area (Å²) in [5.41, 5.74) is 0.255. The largest absolute Gasteiger partial charge is 0.417 e. The first-order valence-electron chi connectivity index (χ1n) is 5.74. The highest BCUT2D eigenvalue weighted by Gasteiger charge is 2.60. The SMILES string of the molecule is Cc1ccc(C2(C(F)(F)F)CC(S(C)(=O)=O)=NN2)cc1. The number of nitrogens with one attached hydrogen (secondary N) is 1. The Bertz CT molecular complexity index is 650. The normalized spacial score (nSPS) is 23.4. The third kappa shape index (κ3) is 2.39. The predicted octanol–water partition coefficient (Wildman–Crippen LogP) is 2.10. The van der Waals surface area contributed by atoms with E-state index in [1.54, 1.807) is 19.1 Å². The van der Waals surface area contributed by atoms with Crippen molar-refractivity contribution in [1.29, 1.82) is 0 Å². The van der Waals surface area contributed by atoms with Crippen LogP contribution in [0.5, 0.6) is 0 Å². The summed E-state index contributed by atoms with van der Waals surface area (Å²) in [4.78, 5) is 0. The van der Waals surface area contributed by atoms with Crippen LogP contribution in [0.3, 0.4) is 0 Å². The average molecular weight is 306 g/mol. The lowest BCUT2D eigenvalue weighted by Crippen LogP contribution is -2.50. The van der Waals surface area contributed by atoms with E-state index in [4.69, 9.17) is 0 Å². The molecule has 0 aliphatic carbocycles. The molecular weight excluding hydrogens is 293 g/mol. The number of hydrazone groups is 1. The van der Waals surface area contributed by atoms with Gasteiger partial charge in [-0.1, -0.05) is 29.8 Å². The van der Waals surface area contributed by atoms with Gasteiger partial charge in [0.1, 0.15) is 0 Å². The van der Waals surface area contributed by atoms with E-state index in [1.165, 1.54) is 12.1 Å². The quantitative estimate of drug-likeness (QED) is 0.864. The van der Waals surface area contributed by atoms with Crippen molar-refractivity contribution in [1.82, 2.24) is 5.43 Å². The van der Waals surface area contributed by atoms with Gasteiger partial charge in [0.05, 0.1) is 0 Å². The van der Waals surface area contributed by atoms with Gasteiger partial charge >= 0.3 is 6.18 Å². The Kier molecular flexibility index (Phi) is 3.32. The monoisotopic (exact) mass is 306 g/mol. The molecule has 0 spiro atoms. The van der Waals surface area contributed by atoms with Crippen molar-refractivity contribution in [3.8, 4) is 0 Å². The second-order valence-electron chi connectivity index (χ2n) is 4.84. The smallest absolute Gasteiger partial charge is 0.289 e. The zero-order valence-electron chi connectivity index (χ0n) is 10.8. The predicted molar refractivity (Wildman–Crippen MR) is 68.9 cm³/mol. The highest BCUT2D eigenvalue weighted by atomic mass is 32.2. The molecule has 0 aromatic heterocycles. The lowest BCUT2D eigenvalue weighted by atomic mass is 9.87. The lowest BCUT2D eigenvalue weighted by Gasteiger charge is -2.31. The number of aryl methyl sites for hydroxylation is 1. The molecular formula is C12H13F3N2O2S. The molecule has 20 heavy (non-hydrogen) atoms. The van der Waals surface area contributed by atoms with Crippen molar-refractivity contribution in [3.05, 3.63) is 35.4 Å². The van der Waals surface area contributed by atoms with Gasteiger partial charge in [-0.15, -0.1) is 0 Å². The fourth-order valence-corrected chi connectivity index (χ4v) is 2.70. The van der Waals surface area contributed by atoms with Gasteiger partial charge in [0.15, 0.2) is 20.4 Å². The standard InChI is InChI=1S/C12H13F3N2O2S/c1-8-3-5-9(6-4-8)11(12(13,14)15)7-10(16-17-11)20(2,18)19/h3-6,17H,7H2,1-2H3. The molecule has 1 heterocycles. The van der Waals surface area contributed by atoms with Gasteiger partial charge in [-0.25, -0.2) is 8.42 Å². The van der Waals surface area contributed by atoms with E-state index in [9.17, 15) is 21.6 Å². The average Bonchev–Trinajstić information content (AvgIpc) is 2.75. The van der Waals surface area contributed by atoms with Crippen molar-refractivity contribution < 1.29 is 21.6 Å². The number of sulfone groups is 1. The van der Waals surface area contributed by atoms with E-state index in [2.05, 4.69) is 5.10 Å². The Morgan fingerprint density at radius 3 is 2.20 bits per heavy atom. The van der Waals surface area contributed by atoms with E-state index < -0.39 is 33.0 Å². The molecule has 0 bridgehead atoms. The molecule has 0 radical (unpaired) electrons. The van der Waals surface area contributed by atoms with Gasteiger partial charge < -0.3 is 0 Å². The minimum absolute atomic E-state index is 0.0574. The number of benzene rings is 1. The van der Waals surface area contributed by atoms with Crippen LogP contribution < -0.4 is 5.43 Å². The van der Waals surface area contributed by atoms with Crippen LogP contribution in [0.4, 0.5) is 13.2 Å². The molecule has 2 rings (SSSR count). The van der Waals surface area contributed by atoms with Gasteiger partial charge in [-0.05, 0) is 12.5 Å². The highest BCUT2D eigenvalue weighted by molar-refractivity contribution is 8.05. The lowest BCUT2D eigenvalue weighted by molar-refractivity contribution is -0.196. The zero-order chi connectivity index (χ0) is 15.2. The van der Waals surface area contributed by atoms with E-state index in [-0.39, 0.29) is 5.56 Å². The first-order chi connectivity index (χ1) is 9.06. The zero-order valence-corrected chi connectivity index (χ0v) is 11.6. The Balaban J connectivity index is 2.49. The maximum atomic E-state index is 13.4. The van der Waals surface area contributed by atoms with Gasteiger partial charge in [-0.3, -0.25) is 5.43 Å². The summed E-state index contributed by atoms with van der Waals surface area (Å²) in [6.45, 7) is 1.75. The molecule has 1 aromatic rings. The fourth-order valence-electron chi connectivity index (χ4n) is 2.01. The number of rotatable bonds is 1. The summed E-state index contributed by atoms with van der Waals surface area (Å²) in [6, 6.07) is 5.75. The molecule has 110 valence electrons. The molecule has 1 atom stereocenters. The first-order valence-corrected chi connectivity index (χ1v) is 7.63. The second-order valence-corrected chi connectivity index (χ2v) is 6.85. The van der Waals surface area contributed by atoms with Crippen LogP contribution in [-0.4, -0.2) is 25.9 Å². The van der Waals surface area contributed by atoms with Crippen LogP contribution in [0.15, 0.2) is 29.4 Å². The molecule has 0 fully saturated rings. The van der Waals surface area contributed by atoms with Gasteiger partial charge in [0.25, 0.3) is 0 Å². The fraction of sp³-hybridized carbons (Fsp3) is 0.417. The Hall–Kier alpha value is -1.57. The molecule has 0 saturated carbocycles. The van der Waals surface area contributed by atoms with Crippen LogP contribution >= 0.6 is 0 Å². The first kappa shape index (κ1) is 14.8. The maximum absolute atomic E-state index is 13.4. The summed E-state index contributed by atoms with van der Waals surface area (Å²) >= 11 is 0. The van der Waals surface area contributed by atoms with Crippen LogP contribution in [0.2, 0.25) is 0 Å². The molecule has 0 amide bonds. The highest BCUT2D eigenvalue weighted by Crippen LogP contribution is 2.44. The molecule has 1 aliphatic rings. The summed E-state index contributed by atoms with van der Waals surface area (Å²) < 4.78 is 63.1. The molecule has 0 saturated heterocycles. The van der Waals surface area contributed by atoms with Crippen molar-refractivity contribution in [2.24, 2.45) is 5.10 Å². The topological polar surface area (TPSA) is 58.5 Å². The summed E-state index contributed by atoms with van der Waals surface area (Å²) in [5.74, 6) is 0. The summed E-state index contributed by atoms with van der Waals surface area (Å²) in [5, 5.41) is 2.89.